The van der Waals surface area contributed by atoms with Crippen molar-refractivity contribution in [1.29, 1.82) is 0 Å². The SMILES string of the molecule is COc1ccc(CN2C(=O)c3cc(OCc4ccccc4)c(OCc4ccccc4)c4c3c2c(OC)c2ccccc24)cc1. The van der Waals surface area contributed by atoms with Gasteiger partial charge in [0.05, 0.1) is 32.0 Å². The molecule has 0 atom stereocenters. The molecule has 44 heavy (non-hydrogen) atoms. The van der Waals surface area contributed by atoms with E-state index in [1.165, 1.54) is 0 Å². The minimum Gasteiger partial charge on any atom is -0.497 e. The maximum Gasteiger partial charge on any atom is 0.259 e. The lowest BCUT2D eigenvalue weighted by Crippen LogP contribution is -2.26. The Morgan fingerprint density at radius 2 is 1.20 bits per heavy atom. The Kier molecular flexibility index (Phi) is 7.24. The van der Waals surface area contributed by atoms with Crippen LogP contribution in [0, 0.1) is 0 Å². The summed E-state index contributed by atoms with van der Waals surface area (Å²) in [6.07, 6.45) is 0. The number of hydrogen-bond donors (Lipinski definition) is 0. The molecular weight excluding hydrogens is 550 g/mol. The van der Waals surface area contributed by atoms with E-state index in [0.717, 1.165) is 49.7 Å². The van der Waals surface area contributed by atoms with Crippen LogP contribution in [0.15, 0.2) is 115 Å². The predicted molar refractivity (Wildman–Crippen MR) is 173 cm³/mol. The summed E-state index contributed by atoms with van der Waals surface area (Å²) in [5.74, 6) is 2.42. The highest BCUT2D eigenvalue weighted by atomic mass is 16.5. The molecule has 0 saturated heterocycles. The number of amides is 1. The Bertz CT molecular complexity index is 1970. The Morgan fingerprint density at radius 1 is 0.591 bits per heavy atom. The van der Waals surface area contributed by atoms with Gasteiger partial charge in [-0.05, 0) is 40.3 Å². The van der Waals surface area contributed by atoms with Crippen molar-refractivity contribution in [1.82, 2.24) is 0 Å². The van der Waals surface area contributed by atoms with Gasteiger partial charge < -0.3 is 18.9 Å². The molecule has 218 valence electrons. The van der Waals surface area contributed by atoms with Crippen LogP contribution in [0.25, 0.3) is 21.5 Å². The Morgan fingerprint density at radius 3 is 1.84 bits per heavy atom. The van der Waals surface area contributed by atoms with Gasteiger partial charge in [0.1, 0.15) is 19.0 Å². The summed E-state index contributed by atoms with van der Waals surface area (Å²) in [6.45, 7) is 1.04. The van der Waals surface area contributed by atoms with Gasteiger partial charge in [-0.3, -0.25) is 9.69 Å². The molecule has 7 rings (SSSR count). The first-order valence-corrected chi connectivity index (χ1v) is 14.5. The van der Waals surface area contributed by atoms with E-state index in [0.29, 0.717) is 42.6 Å². The summed E-state index contributed by atoms with van der Waals surface area (Å²) >= 11 is 0. The lowest BCUT2D eigenvalue weighted by atomic mass is 9.96. The third kappa shape index (κ3) is 4.84. The predicted octanol–water partition coefficient (Wildman–Crippen LogP) is 8.33. The van der Waals surface area contributed by atoms with Crippen LogP contribution < -0.4 is 23.8 Å². The van der Waals surface area contributed by atoms with Crippen LogP contribution in [-0.4, -0.2) is 20.1 Å². The molecule has 1 aliphatic heterocycles. The van der Waals surface area contributed by atoms with Gasteiger partial charge in [-0.25, -0.2) is 0 Å². The van der Waals surface area contributed by atoms with E-state index >= 15 is 0 Å². The number of fused-ring (bicyclic) bond motifs is 2. The zero-order chi connectivity index (χ0) is 30.0. The highest BCUT2D eigenvalue weighted by Crippen LogP contribution is 2.54. The molecule has 6 nitrogen and oxygen atoms in total. The van der Waals surface area contributed by atoms with Crippen molar-refractivity contribution in [3.05, 3.63) is 138 Å². The van der Waals surface area contributed by atoms with Crippen LogP contribution in [0.4, 0.5) is 5.69 Å². The van der Waals surface area contributed by atoms with Crippen molar-refractivity contribution in [2.75, 3.05) is 19.1 Å². The van der Waals surface area contributed by atoms with Crippen molar-refractivity contribution >= 4 is 33.1 Å². The molecule has 0 unspecified atom stereocenters. The van der Waals surface area contributed by atoms with Crippen molar-refractivity contribution in [2.45, 2.75) is 19.8 Å². The molecule has 0 bridgehead atoms. The zero-order valence-electron chi connectivity index (χ0n) is 24.6. The summed E-state index contributed by atoms with van der Waals surface area (Å²) in [6, 6.07) is 37.7. The van der Waals surface area contributed by atoms with Crippen molar-refractivity contribution in [2.24, 2.45) is 0 Å². The van der Waals surface area contributed by atoms with Gasteiger partial charge in [0.15, 0.2) is 17.2 Å². The molecule has 0 N–H and O–H groups in total. The summed E-state index contributed by atoms with van der Waals surface area (Å²) < 4.78 is 24.5. The van der Waals surface area contributed by atoms with Gasteiger partial charge in [0, 0.05) is 16.2 Å². The normalized spacial score (nSPS) is 12.1. The molecule has 0 aliphatic carbocycles. The van der Waals surface area contributed by atoms with Gasteiger partial charge in [-0.2, -0.15) is 0 Å². The molecule has 1 aliphatic rings. The van der Waals surface area contributed by atoms with E-state index in [-0.39, 0.29) is 5.91 Å². The highest BCUT2D eigenvalue weighted by Gasteiger charge is 2.37. The minimum absolute atomic E-state index is 0.117. The molecule has 1 heterocycles. The monoisotopic (exact) mass is 581 g/mol. The van der Waals surface area contributed by atoms with Gasteiger partial charge in [-0.15, -0.1) is 0 Å². The number of methoxy groups -OCH3 is 2. The summed E-state index contributed by atoms with van der Waals surface area (Å²) in [5, 5.41) is 3.45. The second-order valence-electron chi connectivity index (χ2n) is 10.7. The molecule has 1 amide bonds. The standard InChI is InChI=1S/C38H31NO5/c1-41-28-19-17-25(18-20-28)22-39-35-33-31(38(39)40)21-32(43-23-26-11-5-3-6-12-26)37(44-24-27-13-7-4-8-14-27)34(33)29-15-9-10-16-30(29)36(35)42-2/h3-21H,22-24H2,1-2H3. The minimum atomic E-state index is -0.117. The van der Waals surface area contributed by atoms with E-state index in [1.54, 1.807) is 19.1 Å². The maximum atomic E-state index is 14.3. The van der Waals surface area contributed by atoms with Crippen LogP contribution in [-0.2, 0) is 19.8 Å². The topological polar surface area (TPSA) is 57.2 Å². The quantitative estimate of drug-likeness (QED) is 0.152. The van der Waals surface area contributed by atoms with E-state index in [4.69, 9.17) is 18.9 Å². The van der Waals surface area contributed by atoms with Crippen LogP contribution in [0.3, 0.4) is 0 Å². The summed E-state index contributed by atoms with van der Waals surface area (Å²) in [7, 11) is 3.30. The lowest BCUT2D eigenvalue weighted by molar-refractivity contribution is 0.0990. The third-order valence-electron chi connectivity index (χ3n) is 8.05. The van der Waals surface area contributed by atoms with Gasteiger partial charge in [0.25, 0.3) is 5.91 Å². The fourth-order valence-electron chi connectivity index (χ4n) is 5.94. The molecular formula is C38H31NO5. The zero-order valence-corrected chi connectivity index (χ0v) is 24.6. The van der Waals surface area contributed by atoms with Crippen LogP contribution in [0.2, 0.25) is 0 Å². The number of ether oxygens (including phenoxy) is 4. The van der Waals surface area contributed by atoms with Gasteiger partial charge >= 0.3 is 0 Å². The number of rotatable bonds is 10. The first kappa shape index (κ1) is 27.3. The Labute approximate surface area is 256 Å². The number of carbonyl (C=O) groups is 1. The second-order valence-corrected chi connectivity index (χ2v) is 10.7. The molecule has 0 radical (unpaired) electrons. The largest absolute Gasteiger partial charge is 0.497 e. The molecule has 0 saturated carbocycles. The van der Waals surface area contributed by atoms with Crippen LogP contribution in [0.5, 0.6) is 23.0 Å². The first-order chi connectivity index (χ1) is 21.7. The second kappa shape index (κ2) is 11.7. The van der Waals surface area contributed by atoms with E-state index in [2.05, 4.69) is 0 Å². The maximum absolute atomic E-state index is 14.3. The van der Waals surface area contributed by atoms with Gasteiger partial charge in [0.2, 0.25) is 0 Å². The van der Waals surface area contributed by atoms with Crippen molar-refractivity contribution in [3.8, 4) is 23.0 Å². The average Bonchev–Trinajstić information content (AvgIpc) is 3.35. The van der Waals surface area contributed by atoms with Gasteiger partial charge in [-0.1, -0.05) is 97.1 Å². The van der Waals surface area contributed by atoms with E-state index in [1.807, 2.05) is 115 Å². The molecule has 0 spiro atoms. The average molecular weight is 582 g/mol. The number of anilines is 1. The summed E-state index contributed by atoms with van der Waals surface area (Å²) in [5.41, 5.74) is 4.31. The van der Waals surface area contributed by atoms with Crippen LogP contribution in [0.1, 0.15) is 27.0 Å². The molecule has 0 aromatic heterocycles. The summed E-state index contributed by atoms with van der Waals surface area (Å²) in [4.78, 5) is 16.1. The Hall–Kier alpha value is -5.49. The van der Waals surface area contributed by atoms with E-state index < -0.39 is 0 Å². The highest BCUT2D eigenvalue weighted by molar-refractivity contribution is 6.33. The number of hydrogen-bond acceptors (Lipinski definition) is 5. The molecule has 6 aromatic rings. The fraction of sp³-hybridized carbons (Fsp3) is 0.132. The van der Waals surface area contributed by atoms with Crippen LogP contribution >= 0.6 is 0 Å². The van der Waals surface area contributed by atoms with Crippen molar-refractivity contribution < 1.29 is 23.7 Å². The third-order valence-corrected chi connectivity index (χ3v) is 8.05. The lowest BCUT2D eigenvalue weighted by Gasteiger charge is -2.22. The number of carbonyl (C=O) groups excluding carboxylic acids is 1. The Balaban J connectivity index is 1.44. The molecule has 6 aromatic carbocycles. The molecule has 6 heteroatoms. The smallest absolute Gasteiger partial charge is 0.259 e. The molecule has 0 fully saturated rings. The van der Waals surface area contributed by atoms with E-state index in [9.17, 15) is 4.79 Å². The first-order valence-electron chi connectivity index (χ1n) is 14.5. The number of benzene rings is 6. The fourth-order valence-corrected chi connectivity index (χ4v) is 5.94. The number of nitrogens with zero attached hydrogens (tertiary/aromatic N) is 1. The van der Waals surface area contributed by atoms with Crippen molar-refractivity contribution in [3.63, 3.8) is 0 Å².